The van der Waals surface area contributed by atoms with Crippen molar-refractivity contribution in [2.24, 2.45) is 0 Å². The number of rotatable bonds is 4. The maximum atomic E-state index is 12.4. The average Bonchev–Trinajstić information content (AvgIpc) is 2.47. The number of nitrogens with one attached hydrogen (secondary N) is 1. The Kier molecular flexibility index (Phi) is 4.73. The number of nitrogens with zero attached hydrogens (tertiary/aromatic N) is 1. The second-order valence-electron chi connectivity index (χ2n) is 5.47. The summed E-state index contributed by atoms with van der Waals surface area (Å²) in [6.45, 7) is 8.09. The van der Waals surface area contributed by atoms with Gasteiger partial charge >= 0.3 is 0 Å². The molecule has 0 aliphatic heterocycles. The van der Waals surface area contributed by atoms with E-state index in [1.54, 1.807) is 0 Å². The molecule has 3 heteroatoms. The monoisotopic (exact) mass is 283 g/mol. The number of pyridine rings is 1. The summed E-state index contributed by atoms with van der Waals surface area (Å²) in [6, 6.07) is 11.8. The first-order chi connectivity index (χ1) is 10.0. The van der Waals surface area contributed by atoms with E-state index in [2.05, 4.69) is 30.6 Å². The van der Waals surface area contributed by atoms with Gasteiger partial charge in [0.25, 0.3) is 5.91 Å². The number of anilines is 1. The molecular formula is C18H23N2O+. The summed E-state index contributed by atoms with van der Waals surface area (Å²) >= 11 is 0. The molecule has 0 saturated carbocycles. The predicted molar refractivity (Wildman–Crippen MR) is 85.3 cm³/mol. The number of benzene rings is 1. The Bertz CT molecular complexity index is 649. The molecule has 1 aromatic carbocycles. The molecule has 0 bridgehead atoms. The standard InChI is InChI=1S/C18H22N2O/c1-5-16-10-9-14(3)20(12-16)15(4)18(21)19-17-8-6-7-13(2)11-17/h6-12,15H,5H2,1-4H3/p+1/t15-/m1/s1. The van der Waals surface area contributed by atoms with Gasteiger partial charge in [-0.25, -0.2) is 0 Å². The second kappa shape index (κ2) is 6.53. The number of hydrogen-bond acceptors (Lipinski definition) is 1. The summed E-state index contributed by atoms with van der Waals surface area (Å²) in [4.78, 5) is 12.4. The van der Waals surface area contributed by atoms with E-state index in [9.17, 15) is 4.79 Å². The summed E-state index contributed by atoms with van der Waals surface area (Å²) in [5.74, 6) is 0.00181. The molecule has 2 aromatic rings. The summed E-state index contributed by atoms with van der Waals surface area (Å²) in [5.41, 5.74) is 4.30. The number of carbonyl (C=O) groups is 1. The van der Waals surface area contributed by atoms with Crippen LogP contribution in [0.25, 0.3) is 0 Å². The van der Waals surface area contributed by atoms with Crippen molar-refractivity contribution in [3.8, 4) is 0 Å². The minimum absolute atomic E-state index is 0.00181. The van der Waals surface area contributed by atoms with Crippen LogP contribution in [0.5, 0.6) is 0 Å². The van der Waals surface area contributed by atoms with Crippen LogP contribution < -0.4 is 9.88 Å². The van der Waals surface area contributed by atoms with Crippen molar-refractivity contribution < 1.29 is 9.36 Å². The minimum atomic E-state index is -0.239. The van der Waals surface area contributed by atoms with E-state index < -0.39 is 0 Å². The molecule has 1 aromatic heterocycles. The third-order valence-electron chi connectivity index (χ3n) is 3.74. The van der Waals surface area contributed by atoms with Crippen molar-refractivity contribution in [3.63, 3.8) is 0 Å². The third-order valence-corrected chi connectivity index (χ3v) is 3.74. The molecule has 0 radical (unpaired) electrons. The smallest absolute Gasteiger partial charge is 0.293 e. The number of hydrogen-bond donors (Lipinski definition) is 1. The Balaban J connectivity index is 2.19. The van der Waals surface area contributed by atoms with Crippen LogP contribution in [-0.2, 0) is 11.2 Å². The summed E-state index contributed by atoms with van der Waals surface area (Å²) in [7, 11) is 0. The third kappa shape index (κ3) is 3.69. The SMILES string of the molecule is CCc1ccc(C)[n+]([C@H](C)C(=O)Nc2cccc(C)c2)c1. The molecule has 1 amide bonds. The molecule has 1 N–H and O–H groups in total. The number of aryl methyl sites for hydroxylation is 3. The topological polar surface area (TPSA) is 33.0 Å². The van der Waals surface area contributed by atoms with Crippen LogP contribution in [0.4, 0.5) is 5.69 Å². The van der Waals surface area contributed by atoms with Crippen molar-refractivity contribution in [2.75, 3.05) is 5.32 Å². The lowest BCUT2D eigenvalue weighted by Crippen LogP contribution is -2.47. The zero-order chi connectivity index (χ0) is 15.4. The van der Waals surface area contributed by atoms with Crippen molar-refractivity contribution in [1.82, 2.24) is 0 Å². The lowest BCUT2D eigenvalue weighted by molar-refractivity contribution is -0.711. The van der Waals surface area contributed by atoms with Crippen LogP contribution in [0.2, 0.25) is 0 Å². The van der Waals surface area contributed by atoms with E-state index in [-0.39, 0.29) is 11.9 Å². The van der Waals surface area contributed by atoms with Crippen LogP contribution in [0.3, 0.4) is 0 Å². The predicted octanol–water partition coefficient (Wildman–Crippen LogP) is 3.35. The van der Waals surface area contributed by atoms with Gasteiger partial charge in [0.05, 0.1) is 0 Å². The van der Waals surface area contributed by atoms with Crippen LogP contribution in [-0.4, -0.2) is 5.91 Å². The quantitative estimate of drug-likeness (QED) is 0.858. The fourth-order valence-corrected chi connectivity index (χ4v) is 2.36. The Morgan fingerprint density at radius 3 is 2.67 bits per heavy atom. The van der Waals surface area contributed by atoms with Gasteiger partial charge in [0.2, 0.25) is 6.04 Å². The van der Waals surface area contributed by atoms with Crippen LogP contribution in [0.1, 0.15) is 36.7 Å². The highest BCUT2D eigenvalue weighted by atomic mass is 16.2. The largest absolute Gasteiger partial charge is 0.320 e. The highest BCUT2D eigenvalue weighted by Gasteiger charge is 2.24. The first-order valence-corrected chi connectivity index (χ1v) is 7.39. The molecule has 3 nitrogen and oxygen atoms in total. The number of amides is 1. The normalized spacial score (nSPS) is 12.0. The van der Waals surface area contributed by atoms with Crippen molar-refractivity contribution in [3.05, 3.63) is 59.4 Å². The highest BCUT2D eigenvalue weighted by Crippen LogP contribution is 2.12. The highest BCUT2D eigenvalue weighted by molar-refractivity contribution is 5.92. The average molecular weight is 283 g/mol. The van der Waals surface area contributed by atoms with Gasteiger partial charge in [-0.2, -0.15) is 4.57 Å². The van der Waals surface area contributed by atoms with Crippen molar-refractivity contribution in [2.45, 2.75) is 40.2 Å². The van der Waals surface area contributed by atoms with Gasteiger partial charge in [-0.05, 0) is 37.1 Å². The fourth-order valence-electron chi connectivity index (χ4n) is 2.36. The second-order valence-corrected chi connectivity index (χ2v) is 5.47. The van der Waals surface area contributed by atoms with Gasteiger partial charge in [0.15, 0.2) is 11.9 Å². The van der Waals surface area contributed by atoms with Crippen LogP contribution in [0.15, 0.2) is 42.6 Å². The van der Waals surface area contributed by atoms with Gasteiger partial charge in [-0.1, -0.05) is 19.1 Å². The summed E-state index contributed by atoms with van der Waals surface area (Å²) < 4.78 is 2.03. The Morgan fingerprint density at radius 1 is 1.24 bits per heavy atom. The first-order valence-electron chi connectivity index (χ1n) is 7.39. The van der Waals surface area contributed by atoms with Crippen LogP contribution >= 0.6 is 0 Å². The van der Waals surface area contributed by atoms with Gasteiger partial charge in [0, 0.05) is 31.2 Å². The van der Waals surface area contributed by atoms with E-state index in [1.165, 1.54) is 5.56 Å². The fraction of sp³-hybridized carbons (Fsp3) is 0.333. The van der Waals surface area contributed by atoms with Gasteiger partial charge < -0.3 is 5.32 Å². The maximum Gasteiger partial charge on any atom is 0.293 e. The lowest BCUT2D eigenvalue weighted by Gasteiger charge is -2.11. The zero-order valence-corrected chi connectivity index (χ0v) is 13.2. The number of aromatic nitrogens is 1. The summed E-state index contributed by atoms with van der Waals surface area (Å²) in [5, 5.41) is 2.99. The van der Waals surface area contributed by atoms with Gasteiger partial charge in [-0.15, -0.1) is 0 Å². The Morgan fingerprint density at radius 2 is 2.00 bits per heavy atom. The lowest BCUT2D eigenvalue weighted by atomic mass is 10.1. The molecule has 0 aliphatic rings. The minimum Gasteiger partial charge on any atom is -0.320 e. The number of carbonyl (C=O) groups excluding carboxylic acids is 1. The molecule has 1 atom stereocenters. The molecule has 0 aliphatic carbocycles. The van der Waals surface area contributed by atoms with Crippen molar-refractivity contribution in [1.29, 1.82) is 0 Å². The van der Waals surface area contributed by atoms with E-state index >= 15 is 0 Å². The molecular weight excluding hydrogens is 260 g/mol. The molecule has 0 unspecified atom stereocenters. The van der Waals surface area contributed by atoms with Crippen molar-refractivity contribution >= 4 is 11.6 Å². The first kappa shape index (κ1) is 15.2. The molecule has 1 heterocycles. The maximum absolute atomic E-state index is 12.4. The Labute approximate surface area is 126 Å². The molecule has 0 spiro atoms. The molecule has 0 fully saturated rings. The van der Waals surface area contributed by atoms with E-state index in [1.807, 2.05) is 49.6 Å². The molecule has 21 heavy (non-hydrogen) atoms. The van der Waals surface area contributed by atoms with E-state index in [0.717, 1.165) is 23.4 Å². The summed E-state index contributed by atoms with van der Waals surface area (Å²) in [6.07, 6.45) is 3.03. The molecule has 2 rings (SSSR count). The van der Waals surface area contributed by atoms with E-state index in [4.69, 9.17) is 0 Å². The molecule has 0 saturated heterocycles. The van der Waals surface area contributed by atoms with Crippen LogP contribution in [0, 0.1) is 13.8 Å². The van der Waals surface area contributed by atoms with Gasteiger partial charge in [0.1, 0.15) is 0 Å². The van der Waals surface area contributed by atoms with E-state index in [0.29, 0.717) is 0 Å². The zero-order valence-electron chi connectivity index (χ0n) is 13.2. The molecule has 110 valence electrons. The van der Waals surface area contributed by atoms with Gasteiger partial charge in [-0.3, -0.25) is 4.79 Å². The Hall–Kier alpha value is -2.16.